The third-order valence-corrected chi connectivity index (χ3v) is 6.00. The molecule has 0 aliphatic heterocycles. The summed E-state index contributed by atoms with van der Waals surface area (Å²) >= 11 is 0. The average molecular weight is 424 g/mol. The molecule has 0 N–H and O–H groups in total. The molecule has 0 aromatic carbocycles. The lowest BCUT2D eigenvalue weighted by Crippen LogP contribution is -2.23. The predicted octanol–water partition coefficient (Wildman–Crippen LogP) is 4.16. The molecule has 8 heteroatoms. The second-order valence-electron chi connectivity index (χ2n) is 9.28. The molecule has 0 radical (unpaired) electrons. The quantitative estimate of drug-likeness (QED) is 0.418. The van der Waals surface area contributed by atoms with E-state index in [9.17, 15) is 9.59 Å². The number of rotatable bonds is 7. The Kier molecular flexibility index (Phi) is 5.89. The monoisotopic (exact) mass is 423 g/mol. The lowest BCUT2D eigenvalue weighted by Gasteiger charge is -2.21. The fraction of sp³-hybridized carbons (Fsp3) is 0.522. The summed E-state index contributed by atoms with van der Waals surface area (Å²) in [4.78, 5) is 32.3. The number of ether oxygens (including phenoxy) is 1. The molecular weight excluding hydrogens is 394 g/mol. The highest BCUT2D eigenvalue weighted by molar-refractivity contribution is 5.90. The zero-order chi connectivity index (χ0) is 22.0. The van der Waals surface area contributed by atoms with Crippen molar-refractivity contribution in [2.75, 3.05) is 0 Å². The summed E-state index contributed by atoms with van der Waals surface area (Å²) in [5.41, 5.74) is 1.79. The number of aromatic nitrogens is 5. The number of nitrogens with zero attached hydrogens (tertiary/aromatic N) is 5. The van der Waals surface area contributed by atoms with Gasteiger partial charge < -0.3 is 9.53 Å². The van der Waals surface area contributed by atoms with Gasteiger partial charge in [0.05, 0.1) is 23.3 Å². The highest BCUT2D eigenvalue weighted by atomic mass is 16.5. The SMILES string of the molecule is CC(C)(C)C(=O)OCn1ccc2c(-c3cnn(C(CC=O)C4CCCC4)c3)ncnc21. The fourth-order valence-electron chi connectivity index (χ4n) is 4.28. The van der Waals surface area contributed by atoms with Crippen LogP contribution in [0.15, 0.2) is 31.0 Å². The number of hydrogen-bond donors (Lipinski definition) is 0. The molecule has 1 fully saturated rings. The molecule has 1 aliphatic carbocycles. The smallest absolute Gasteiger partial charge is 0.312 e. The van der Waals surface area contributed by atoms with E-state index in [2.05, 4.69) is 15.1 Å². The Morgan fingerprint density at radius 1 is 1.29 bits per heavy atom. The van der Waals surface area contributed by atoms with Gasteiger partial charge in [-0.05, 0) is 45.6 Å². The van der Waals surface area contributed by atoms with Crippen LogP contribution in [-0.4, -0.2) is 36.6 Å². The molecule has 3 aromatic heterocycles. The van der Waals surface area contributed by atoms with Crippen molar-refractivity contribution >= 4 is 23.3 Å². The van der Waals surface area contributed by atoms with Gasteiger partial charge in [-0.1, -0.05) is 12.8 Å². The van der Waals surface area contributed by atoms with Gasteiger partial charge in [0, 0.05) is 29.8 Å². The van der Waals surface area contributed by atoms with Gasteiger partial charge in [0.1, 0.15) is 18.3 Å². The summed E-state index contributed by atoms with van der Waals surface area (Å²) in [6.07, 6.45) is 13.3. The Morgan fingerprint density at radius 2 is 2.06 bits per heavy atom. The van der Waals surface area contributed by atoms with Gasteiger partial charge in [0.15, 0.2) is 6.73 Å². The third-order valence-electron chi connectivity index (χ3n) is 6.00. The van der Waals surface area contributed by atoms with Gasteiger partial charge >= 0.3 is 5.97 Å². The maximum atomic E-state index is 12.1. The second kappa shape index (κ2) is 8.61. The molecule has 1 aliphatic rings. The van der Waals surface area contributed by atoms with E-state index in [0.717, 1.165) is 35.8 Å². The zero-order valence-electron chi connectivity index (χ0n) is 18.3. The van der Waals surface area contributed by atoms with Crippen LogP contribution in [0.1, 0.15) is 58.9 Å². The van der Waals surface area contributed by atoms with Crippen LogP contribution >= 0.6 is 0 Å². The van der Waals surface area contributed by atoms with Crippen LogP contribution in [0.25, 0.3) is 22.3 Å². The zero-order valence-corrected chi connectivity index (χ0v) is 18.3. The lowest BCUT2D eigenvalue weighted by molar-refractivity contribution is -0.156. The first kappa shape index (κ1) is 21.2. The summed E-state index contributed by atoms with van der Waals surface area (Å²) in [5.74, 6) is 0.222. The van der Waals surface area contributed by atoms with E-state index in [1.807, 2.05) is 43.9 Å². The largest absolute Gasteiger partial charge is 0.443 e. The lowest BCUT2D eigenvalue weighted by atomic mass is 9.96. The van der Waals surface area contributed by atoms with Crippen LogP contribution in [-0.2, 0) is 21.1 Å². The highest BCUT2D eigenvalue weighted by Crippen LogP contribution is 2.36. The van der Waals surface area contributed by atoms with Gasteiger partial charge in [-0.3, -0.25) is 14.0 Å². The summed E-state index contributed by atoms with van der Waals surface area (Å²) in [7, 11) is 0. The Labute approximate surface area is 181 Å². The van der Waals surface area contributed by atoms with Crippen LogP contribution in [0, 0.1) is 11.3 Å². The molecule has 1 atom stereocenters. The van der Waals surface area contributed by atoms with Crippen LogP contribution in [0.4, 0.5) is 0 Å². The summed E-state index contributed by atoms with van der Waals surface area (Å²) in [6.45, 7) is 5.57. The molecule has 3 aromatic rings. The second-order valence-corrected chi connectivity index (χ2v) is 9.28. The summed E-state index contributed by atoms with van der Waals surface area (Å²) in [5, 5.41) is 5.44. The fourth-order valence-corrected chi connectivity index (χ4v) is 4.28. The van der Waals surface area contributed by atoms with Gasteiger partial charge in [-0.2, -0.15) is 5.10 Å². The number of carbonyl (C=O) groups excluding carboxylic acids is 2. The molecule has 0 bridgehead atoms. The minimum Gasteiger partial charge on any atom is -0.443 e. The Bertz CT molecular complexity index is 1070. The van der Waals surface area contributed by atoms with Crippen molar-refractivity contribution in [3.8, 4) is 11.3 Å². The topological polar surface area (TPSA) is 91.9 Å². The van der Waals surface area contributed by atoms with E-state index in [1.165, 1.54) is 19.2 Å². The van der Waals surface area contributed by atoms with E-state index in [0.29, 0.717) is 18.0 Å². The first-order valence-corrected chi connectivity index (χ1v) is 10.8. The standard InChI is InChI=1S/C23H29N5O3/c1-23(2,3)22(30)31-15-27-10-8-18-20(24-14-25-21(18)27)17-12-26-28(13-17)19(9-11-29)16-6-4-5-7-16/h8,10-14,16,19H,4-7,9,15H2,1-3H3. The van der Waals surface area contributed by atoms with Crippen LogP contribution in [0.2, 0.25) is 0 Å². The average Bonchev–Trinajstić information content (AvgIpc) is 3.50. The predicted molar refractivity (Wildman–Crippen MR) is 116 cm³/mol. The molecular formula is C23H29N5O3. The van der Waals surface area contributed by atoms with Crippen LogP contribution < -0.4 is 0 Å². The van der Waals surface area contributed by atoms with Crippen molar-refractivity contribution in [2.45, 2.75) is 65.6 Å². The van der Waals surface area contributed by atoms with Crippen molar-refractivity contribution in [2.24, 2.45) is 11.3 Å². The van der Waals surface area contributed by atoms with E-state index in [-0.39, 0.29) is 18.7 Å². The van der Waals surface area contributed by atoms with Crippen molar-refractivity contribution in [3.63, 3.8) is 0 Å². The first-order chi connectivity index (χ1) is 14.9. The molecule has 8 nitrogen and oxygen atoms in total. The third kappa shape index (κ3) is 4.38. The Hall–Kier alpha value is -3.03. The molecule has 0 saturated heterocycles. The van der Waals surface area contributed by atoms with Gasteiger partial charge in [0.2, 0.25) is 0 Å². The Balaban J connectivity index is 1.60. The summed E-state index contributed by atoms with van der Waals surface area (Å²) < 4.78 is 9.16. The van der Waals surface area contributed by atoms with E-state index < -0.39 is 5.41 Å². The molecule has 0 amide bonds. The molecule has 1 saturated carbocycles. The molecule has 1 unspecified atom stereocenters. The van der Waals surface area contributed by atoms with Crippen LogP contribution in [0.3, 0.4) is 0 Å². The number of aldehydes is 1. The van der Waals surface area contributed by atoms with Gasteiger partial charge in [-0.15, -0.1) is 0 Å². The number of hydrogen-bond acceptors (Lipinski definition) is 6. The molecule has 3 heterocycles. The maximum absolute atomic E-state index is 12.1. The number of fused-ring (bicyclic) bond motifs is 1. The van der Waals surface area contributed by atoms with Gasteiger partial charge in [-0.25, -0.2) is 9.97 Å². The number of esters is 1. The summed E-state index contributed by atoms with van der Waals surface area (Å²) in [6, 6.07) is 2.01. The molecule has 0 spiro atoms. The first-order valence-electron chi connectivity index (χ1n) is 10.8. The molecule has 164 valence electrons. The molecule has 4 rings (SSSR count). The van der Waals surface area contributed by atoms with Crippen molar-refractivity contribution in [3.05, 3.63) is 31.0 Å². The highest BCUT2D eigenvalue weighted by Gasteiger charge is 2.27. The van der Waals surface area contributed by atoms with Gasteiger partial charge in [0.25, 0.3) is 0 Å². The maximum Gasteiger partial charge on any atom is 0.312 e. The van der Waals surface area contributed by atoms with E-state index >= 15 is 0 Å². The Morgan fingerprint density at radius 3 is 2.77 bits per heavy atom. The van der Waals surface area contributed by atoms with Crippen LogP contribution in [0.5, 0.6) is 0 Å². The minimum atomic E-state index is -0.560. The molecule has 31 heavy (non-hydrogen) atoms. The van der Waals surface area contributed by atoms with E-state index in [1.54, 1.807) is 10.8 Å². The van der Waals surface area contributed by atoms with E-state index in [4.69, 9.17) is 4.74 Å². The normalized spacial score (nSPS) is 16.0. The number of carbonyl (C=O) groups is 2. The van der Waals surface area contributed by atoms with Crippen molar-refractivity contribution in [1.29, 1.82) is 0 Å². The van der Waals surface area contributed by atoms with Crippen molar-refractivity contribution in [1.82, 2.24) is 24.3 Å². The van der Waals surface area contributed by atoms with Crippen molar-refractivity contribution < 1.29 is 14.3 Å². The minimum absolute atomic E-state index is 0.0903.